The number of ether oxygens (including phenoxy) is 1. The Labute approximate surface area is 110 Å². The summed E-state index contributed by atoms with van der Waals surface area (Å²) in [4.78, 5) is 0. The van der Waals surface area contributed by atoms with Crippen molar-refractivity contribution in [1.29, 1.82) is 0 Å². The van der Waals surface area contributed by atoms with Crippen LogP contribution in [0.3, 0.4) is 0 Å². The third kappa shape index (κ3) is 2.86. The lowest BCUT2D eigenvalue weighted by atomic mass is 9.95. The molecule has 2 aliphatic rings. The van der Waals surface area contributed by atoms with Crippen LogP contribution < -0.4 is 10.1 Å². The zero-order valence-corrected chi connectivity index (χ0v) is 11.1. The average molecular weight is 245 g/mol. The molecule has 1 aromatic rings. The molecule has 0 amide bonds. The van der Waals surface area contributed by atoms with E-state index < -0.39 is 0 Å². The third-order valence-corrected chi connectivity index (χ3v) is 4.21. The molecule has 0 spiro atoms. The molecular formula is C16H23NO. The van der Waals surface area contributed by atoms with Crippen molar-refractivity contribution in [2.24, 2.45) is 0 Å². The Kier molecular flexibility index (Phi) is 3.84. The Bertz CT molecular complexity index is 396. The van der Waals surface area contributed by atoms with Crippen molar-refractivity contribution >= 4 is 0 Å². The van der Waals surface area contributed by atoms with Gasteiger partial charge in [0.2, 0.25) is 0 Å². The van der Waals surface area contributed by atoms with Crippen LogP contribution in [-0.4, -0.2) is 19.2 Å². The fourth-order valence-electron chi connectivity index (χ4n) is 3.12. The van der Waals surface area contributed by atoms with Crippen LogP contribution in [0.25, 0.3) is 0 Å². The Hall–Kier alpha value is -1.02. The van der Waals surface area contributed by atoms with Gasteiger partial charge in [-0.25, -0.2) is 0 Å². The minimum atomic E-state index is 0.775. The minimum Gasteiger partial charge on any atom is -0.493 e. The van der Waals surface area contributed by atoms with Gasteiger partial charge in [-0.05, 0) is 43.0 Å². The number of hydrogen-bond acceptors (Lipinski definition) is 2. The molecule has 98 valence electrons. The molecule has 1 saturated carbocycles. The molecule has 2 heteroatoms. The van der Waals surface area contributed by atoms with Crippen LogP contribution >= 0.6 is 0 Å². The predicted octanol–water partition coefficient (Wildman–Crippen LogP) is 3.09. The van der Waals surface area contributed by atoms with Crippen LogP contribution in [0.2, 0.25) is 0 Å². The Balaban J connectivity index is 1.48. The van der Waals surface area contributed by atoms with Gasteiger partial charge in [0.1, 0.15) is 5.75 Å². The van der Waals surface area contributed by atoms with Gasteiger partial charge in [0.15, 0.2) is 0 Å². The van der Waals surface area contributed by atoms with E-state index in [-0.39, 0.29) is 0 Å². The first kappa shape index (κ1) is 12.0. The van der Waals surface area contributed by atoms with Gasteiger partial charge in [-0.15, -0.1) is 0 Å². The maximum absolute atomic E-state index is 5.54. The quantitative estimate of drug-likeness (QED) is 0.880. The highest BCUT2D eigenvalue weighted by Crippen LogP contribution is 2.26. The monoisotopic (exact) mass is 245 g/mol. The molecule has 1 N–H and O–H groups in total. The van der Waals surface area contributed by atoms with Gasteiger partial charge < -0.3 is 10.1 Å². The molecule has 1 aliphatic carbocycles. The summed E-state index contributed by atoms with van der Waals surface area (Å²) in [5, 5.41) is 3.71. The lowest BCUT2D eigenvalue weighted by molar-refractivity contribution is 0.356. The topological polar surface area (TPSA) is 21.3 Å². The number of benzene rings is 1. The largest absolute Gasteiger partial charge is 0.493 e. The molecule has 0 atom stereocenters. The van der Waals surface area contributed by atoms with Gasteiger partial charge in [-0.1, -0.05) is 31.4 Å². The van der Waals surface area contributed by atoms with E-state index in [0.29, 0.717) is 0 Å². The Morgan fingerprint density at radius 3 is 2.94 bits per heavy atom. The smallest absolute Gasteiger partial charge is 0.122 e. The normalized spacial score (nSPS) is 19.6. The number of rotatable bonds is 4. The SMILES string of the molecule is c1cc2c(cc1CCNC1CCCCC1)CCO2. The van der Waals surface area contributed by atoms with E-state index in [1.807, 2.05) is 0 Å². The lowest BCUT2D eigenvalue weighted by Gasteiger charge is -2.22. The molecule has 18 heavy (non-hydrogen) atoms. The van der Waals surface area contributed by atoms with Crippen molar-refractivity contribution < 1.29 is 4.74 Å². The van der Waals surface area contributed by atoms with Crippen LogP contribution in [0, 0.1) is 0 Å². The molecule has 0 radical (unpaired) electrons. The van der Waals surface area contributed by atoms with Crippen molar-refractivity contribution in [2.75, 3.05) is 13.2 Å². The first-order valence-electron chi connectivity index (χ1n) is 7.40. The molecule has 1 heterocycles. The molecule has 0 saturated heterocycles. The van der Waals surface area contributed by atoms with Gasteiger partial charge in [0.05, 0.1) is 6.61 Å². The van der Waals surface area contributed by atoms with Crippen LogP contribution in [0.1, 0.15) is 43.2 Å². The number of hydrogen-bond donors (Lipinski definition) is 1. The highest BCUT2D eigenvalue weighted by molar-refractivity contribution is 5.39. The average Bonchev–Trinajstić information content (AvgIpc) is 2.87. The second kappa shape index (κ2) is 5.75. The fourth-order valence-corrected chi connectivity index (χ4v) is 3.12. The molecule has 0 bridgehead atoms. The van der Waals surface area contributed by atoms with Crippen molar-refractivity contribution in [3.8, 4) is 5.75 Å². The highest BCUT2D eigenvalue weighted by atomic mass is 16.5. The van der Waals surface area contributed by atoms with E-state index in [4.69, 9.17) is 4.74 Å². The summed E-state index contributed by atoms with van der Waals surface area (Å²) in [5.74, 6) is 1.10. The summed E-state index contributed by atoms with van der Waals surface area (Å²) in [7, 11) is 0. The maximum Gasteiger partial charge on any atom is 0.122 e. The van der Waals surface area contributed by atoms with E-state index in [2.05, 4.69) is 23.5 Å². The molecule has 0 aromatic heterocycles. The van der Waals surface area contributed by atoms with Gasteiger partial charge >= 0.3 is 0 Å². The van der Waals surface area contributed by atoms with Crippen molar-refractivity contribution in [3.63, 3.8) is 0 Å². The van der Waals surface area contributed by atoms with E-state index in [9.17, 15) is 0 Å². The lowest BCUT2D eigenvalue weighted by Crippen LogP contribution is -2.32. The Morgan fingerprint density at radius 1 is 1.17 bits per heavy atom. The molecular weight excluding hydrogens is 222 g/mol. The number of fused-ring (bicyclic) bond motifs is 1. The number of nitrogens with one attached hydrogen (secondary N) is 1. The van der Waals surface area contributed by atoms with E-state index in [1.165, 1.54) is 43.2 Å². The van der Waals surface area contributed by atoms with Crippen LogP contribution in [0.5, 0.6) is 5.75 Å². The van der Waals surface area contributed by atoms with E-state index in [0.717, 1.165) is 37.8 Å². The minimum absolute atomic E-state index is 0.775. The first-order valence-corrected chi connectivity index (χ1v) is 7.40. The highest BCUT2D eigenvalue weighted by Gasteiger charge is 2.13. The molecule has 1 fully saturated rings. The van der Waals surface area contributed by atoms with Crippen molar-refractivity contribution in [3.05, 3.63) is 29.3 Å². The summed E-state index contributed by atoms with van der Waals surface area (Å²) in [6, 6.07) is 7.45. The summed E-state index contributed by atoms with van der Waals surface area (Å²) in [6.45, 7) is 1.98. The molecule has 0 unspecified atom stereocenters. The van der Waals surface area contributed by atoms with E-state index in [1.54, 1.807) is 0 Å². The molecule has 1 aromatic carbocycles. The maximum atomic E-state index is 5.54. The molecule has 3 rings (SSSR count). The first-order chi connectivity index (χ1) is 8.92. The predicted molar refractivity (Wildman–Crippen MR) is 74.2 cm³/mol. The summed E-state index contributed by atoms with van der Waals surface area (Å²) < 4.78 is 5.54. The Morgan fingerprint density at radius 2 is 2.06 bits per heavy atom. The second-order valence-corrected chi connectivity index (χ2v) is 5.58. The summed E-state index contributed by atoms with van der Waals surface area (Å²) in [5.41, 5.74) is 2.84. The van der Waals surface area contributed by atoms with Gasteiger partial charge in [0.25, 0.3) is 0 Å². The fraction of sp³-hybridized carbons (Fsp3) is 0.625. The van der Waals surface area contributed by atoms with Crippen LogP contribution in [0.15, 0.2) is 18.2 Å². The molecule has 2 nitrogen and oxygen atoms in total. The van der Waals surface area contributed by atoms with Crippen LogP contribution in [-0.2, 0) is 12.8 Å². The van der Waals surface area contributed by atoms with Crippen molar-refractivity contribution in [2.45, 2.75) is 51.0 Å². The van der Waals surface area contributed by atoms with Gasteiger partial charge in [-0.3, -0.25) is 0 Å². The third-order valence-electron chi connectivity index (χ3n) is 4.21. The zero-order valence-electron chi connectivity index (χ0n) is 11.1. The standard InChI is InChI=1S/C16H23NO/c1-2-4-15(5-3-1)17-10-8-13-6-7-16-14(12-13)9-11-18-16/h6-7,12,15,17H,1-5,8-11H2. The second-order valence-electron chi connectivity index (χ2n) is 5.58. The summed E-state index contributed by atoms with van der Waals surface area (Å²) >= 11 is 0. The summed E-state index contributed by atoms with van der Waals surface area (Å²) in [6.07, 6.45) is 9.23. The van der Waals surface area contributed by atoms with Gasteiger partial charge in [-0.2, -0.15) is 0 Å². The molecule has 1 aliphatic heterocycles. The zero-order chi connectivity index (χ0) is 12.2. The van der Waals surface area contributed by atoms with Crippen molar-refractivity contribution in [1.82, 2.24) is 5.32 Å². The van der Waals surface area contributed by atoms with E-state index >= 15 is 0 Å². The van der Waals surface area contributed by atoms with Crippen LogP contribution in [0.4, 0.5) is 0 Å². The van der Waals surface area contributed by atoms with Gasteiger partial charge in [0, 0.05) is 12.5 Å².